The van der Waals surface area contributed by atoms with Gasteiger partial charge in [0.15, 0.2) is 0 Å². The Labute approximate surface area is 79.7 Å². The third-order valence-corrected chi connectivity index (χ3v) is 1.53. The van der Waals surface area contributed by atoms with E-state index in [9.17, 15) is 14.6 Å². The number of rotatable bonds is 6. The van der Waals surface area contributed by atoms with Gasteiger partial charge in [-0.2, -0.15) is 10.2 Å². The third-order valence-electron chi connectivity index (χ3n) is 1.53. The number of nitroso groups, excluding NO2 is 2. The molecule has 0 aromatic rings. The molecule has 0 aliphatic carbocycles. The van der Waals surface area contributed by atoms with E-state index >= 15 is 0 Å². The monoisotopic (exact) mass is 199 g/mol. The predicted molar refractivity (Wildman–Crippen MR) is 45.9 cm³/mol. The molecule has 76 valence electrons. The van der Waals surface area contributed by atoms with Crippen LogP contribution in [0.1, 0.15) is 19.3 Å². The summed E-state index contributed by atoms with van der Waals surface area (Å²) in [6.45, 7) is 0. The molecular weight excluding hydrogens is 190 g/mol. The van der Waals surface area contributed by atoms with Crippen LogP contribution in [0, 0.1) is 21.1 Å². The molecule has 0 fully saturated rings. The lowest BCUT2D eigenvalue weighted by Gasteiger charge is -2.09. The molecule has 0 aromatic carbocycles. The standard InChI is InChI=1S/C7H9N3O4/c8-2-1-6(11)3-5(9-13)4-7(12)10-14/h5-6,11H,1,3-4H2/t5-,6-/m1/s1. The van der Waals surface area contributed by atoms with Crippen molar-refractivity contribution in [1.82, 2.24) is 0 Å². The van der Waals surface area contributed by atoms with E-state index in [-0.39, 0.29) is 12.8 Å². The minimum absolute atomic E-state index is 0.113. The van der Waals surface area contributed by atoms with Crippen LogP contribution < -0.4 is 0 Å². The first kappa shape index (κ1) is 12.3. The Bertz CT molecular complexity index is 260. The van der Waals surface area contributed by atoms with E-state index in [1.165, 1.54) is 0 Å². The van der Waals surface area contributed by atoms with Crippen molar-refractivity contribution in [3.63, 3.8) is 0 Å². The maximum Gasteiger partial charge on any atom is 0.288 e. The minimum atomic E-state index is -1.01. The average Bonchev–Trinajstić information content (AvgIpc) is 2.16. The van der Waals surface area contributed by atoms with Crippen molar-refractivity contribution in [3.8, 4) is 6.07 Å². The number of nitrogens with zero attached hydrogens (tertiary/aromatic N) is 3. The topological polar surface area (TPSA) is 120 Å². The smallest absolute Gasteiger partial charge is 0.288 e. The molecular formula is C7H9N3O4. The second-order valence-corrected chi connectivity index (χ2v) is 2.70. The Kier molecular flexibility index (Phi) is 5.98. The van der Waals surface area contributed by atoms with E-state index in [1.807, 2.05) is 0 Å². The molecule has 1 amide bonds. The fraction of sp³-hybridized carbons (Fsp3) is 0.714. The number of hydrogen-bond acceptors (Lipinski definition) is 6. The lowest BCUT2D eigenvalue weighted by atomic mass is 10.1. The summed E-state index contributed by atoms with van der Waals surface area (Å²) in [5, 5.41) is 21.9. The molecule has 0 aromatic heterocycles. The molecule has 1 N–H and O–H groups in total. The van der Waals surface area contributed by atoms with E-state index in [2.05, 4.69) is 10.4 Å². The van der Waals surface area contributed by atoms with Gasteiger partial charge < -0.3 is 5.11 Å². The number of amides is 1. The van der Waals surface area contributed by atoms with Crippen molar-refractivity contribution >= 4 is 5.91 Å². The van der Waals surface area contributed by atoms with Gasteiger partial charge in [0, 0.05) is 11.6 Å². The summed E-state index contributed by atoms with van der Waals surface area (Å²) < 4.78 is 0. The highest BCUT2D eigenvalue weighted by Gasteiger charge is 2.18. The number of aliphatic hydroxyl groups is 1. The molecule has 0 saturated heterocycles. The molecule has 0 unspecified atom stereocenters. The van der Waals surface area contributed by atoms with E-state index in [1.54, 1.807) is 6.07 Å². The number of nitriles is 1. The Balaban J connectivity index is 4.03. The summed E-state index contributed by atoms with van der Waals surface area (Å²) in [4.78, 5) is 30.4. The third kappa shape index (κ3) is 5.05. The van der Waals surface area contributed by atoms with Crippen molar-refractivity contribution in [3.05, 3.63) is 9.81 Å². The van der Waals surface area contributed by atoms with Crippen LogP contribution in [0.2, 0.25) is 0 Å². The molecule has 7 nitrogen and oxygen atoms in total. The summed E-state index contributed by atoms with van der Waals surface area (Å²) >= 11 is 0. The van der Waals surface area contributed by atoms with Gasteiger partial charge in [0.05, 0.1) is 25.0 Å². The molecule has 0 bridgehead atoms. The van der Waals surface area contributed by atoms with Gasteiger partial charge in [-0.25, -0.2) is 0 Å². The zero-order chi connectivity index (χ0) is 11.0. The van der Waals surface area contributed by atoms with E-state index in [4.69, 9.17) is 10.4 Å². The van der Waals surface area contributed by atoms with Crippen LogP contribution in [0.3, 0.4) is 0 Å². The molecule has 2 atom stereocenters. The summed E-state index contributed by atoms with van der Waals surface area (Å²) in [5.41, 5.74) is 0. The molecule has 0 aliphatic heterocycles. The predicted octanol–water partition coefficient (Wildman–Crippen LogP) is 0.469. The van der Waals surface area contributed by atoms with Crippen LogP contribution in [0.15, 0.2) is 10.4 Å². The molecule has 7 heteroatoms. The summed E-state index contributed by atoms with van der Waals surface area (Å²) in [7, 11) is 0. The second-order valence-electron chi connectivity index (χ2n) is 2.70. The van der Waals surface area contributed by atoms with Crippen LogP contribution in [0.25, 0.3) is 0 Å². The van der Waals surface area contributed by atoms with E-state index in [0.717, 1.165) is 0 Å². The maximum atomic E-state index is 10.5. The van der Waals surface area contributed by atoms with Crippen molar-refractivity contribution in [2.75, 3.05) is 0 Å². The lowest BCUT2D eigenvalue weighted by molar-refractivity contribution is -0.118. The summed E-state index contributed by atoms with van der Waals surface area (Å²) in [6.07, 6.45) is -1.69. The first-order valence-corrected chi connectivity index (χ1v) is 3.87. The lowest BCUT2D eigenvalue weighted by Crippen LogP contribution is -2.18. The van der Waals surface area contributed by atoms with Crippen LogP contribution in [-0.2, 0) is 4.79 Å². The van der Waals surface area contributed by atoms with Gasteiger partial charge in [0.25, 0.3) is 5.91 Å². The van der Waals surface area contributed by atoms with Gasteiger partial charge in [-0.3, -0.25) is 4.79 Å². The van der Waals surface area contributed by atoms with Crippen molar-refractivity contribution in [2.24, 2.45) is 10.4 Å². The molecule has 0 spiro atoms. The second kappa shape index (κ2) is 6.80. The number of carbonyl (C=O) groups excluding carboxylic acids is 1. The highest BCUT2D eigenvalue weighted by molar-refractivity contribution is 5.77. The zero-order valence-corrected chi connectivity index (χ0v) is 7.29. The SMILES string of the molecule is N#CC[C@@H](O)C[C@H](CC(=O)N=O)N=O. The van der Waals surface area contributed by atoms with Crippen LogP contribution >= 0.6 is 0 Å². The van der Waals surface area contributed by atoms with Gasteiger partial charge in [0.2, 0.25) is 0 Å². The average molecular weight is 199 g/mol. The Hall–Kier alpha value is -1.68. The molecule has 0 aliphatic rings. The van der Waals surface area contributed by atoms with Crippen molar-refractivity contribution < 1.29 is 9.90 Å². The van der Waals surface area contributed by atoms with E-state index in [0.29, 0.717) is 0 Å². The molecule has 0 heterocycles. The first-order valence-electron chi connectivity index (χ1n) is 3.87. The van der Waals surface area contributed by atoms with Gasteiger partial charge in [-0.1, -0.05) is 5.18 Å². The Morgan fingerprint density at radius 2 is 2.14 bits per heavy atom. The van der Waals surface area contributed by atoms with Gasteiger partial charge in [-0.15, -0.1) is 4.91 Å². The van der Waals surface area contributed by atoms with Gasteiger partial charge in [-0.05, 0) is 0 Å². The maximum absolute atomic E-state index is 10.5. The highest BCUT2D eigenvalue weighted by atomic mass is 16.3. The van der Waals surface area contributed by atoms with Gasteiger partial charge >= 0.3 is 0 Å². The number of carbonyl (C=O) groups is 1. The minimum Gasteiger partial charge on any atom is -0.392 e. The quantitative estimate of drug-likeness (QED) is 0.623. The molecule has 0 saturated carbocycles. The summed E-state index contributed by atoms with van der Waals surface area (Å²) in [6, 6.07) is 0.704. The molecule has 0 radical (unpaired) electrons. The normalized spacial score (nSPS) is 13.7. The zero-order valence-electron chi connectivity index (χ0n) is 7.29. The van der Waals surface area contributed by atoms with Crippen molar-refractivity contribution in [2.45, 2.75) is 31.4 Å². The van der Waals surface area contributed by atoms with Crippen molar-refractivity contribution in [1.29, 1.82) is 5.26 Å². The first-order chi connectivity index (χ1) is 6.63. The van der Waals surface area contributed by atoms with Gasteiger partial charge in [0.1, 0.15) is 6.04 Å². The molecule has 14 heavy (non-hydrogen) atoms. The Morgan fingerprint density at radius 3 is 2.57 bits per heavy atom. The number of aliphatic hydroxyl groups excluding tert-OH is 1. The number of hydrogen-bond donors (Lipinski definition) is 1. The fourth-order valence-corrected chi connectivity index (χ4v) is 0.905. The highest BCUT2D eigenvalue weighted by Crippen LogP contribution is 2.09. The van der Waals surface area contributed by atoms with E-state index < -0.39 is 24.5 Å². The summed E-state index contributed by atoms with van der Waals surface area (Å²) in [5.74, 6) is -0.987. The Morgan fingerprint density at radius 1 is 1.50 bits per heavy atom. The molecule has 0 rings (SSSR count). The van der Waals surface area contributed by atoms with Crippen LogP contribution in [0.4, 0.5) is 0 Å². The fourth-order valence-electron chi connectivity index (χ4n) is 0.905. The van der Waals surface area contributed by atoms with Crippen LogP contribution in [0.5, 0.6) is 0 Å². The largest absolute Gasteiger partial charge is 0.392 e. The van der Waals surface area contributed by atoms with Crippen LogP contribution in [-0.4, -0.2) is 23.2 Å².